The maximum absolute atomic E-state index is 5.90. The number of unbranched alkanes of at least 4 members (excludes halogenated alkanes) is 2. The van der Waals surface area contributed by atoms with E-state index in [2.05, 4.69) is 13.8 Å². The SMILES string of the molecule is CCCCOCCOC(COCC)OC(COCC)OCCOCCCC. The van der Waals surface area contributed by atoms with Crippen molar-refractivity contribution in [2.45, 2.75) is 66.0 Å². The molecule has 0 aromatic carbocycles. The monoisotopic (exact) mass is 394 g/mol. The summed E-state index contributed by atoms with van der Waals surface area (Å²) in [5.74, 6) is 0. The Morgan fingerprint density at radius 2 is 0.963 bits per heavy atom. The lowest BCUT2D eigenvalue weighted by Gasteiger charge is -2.25. The van der Waals surface area contributed by atoms with Crippen LogP contribution in [0.25, 0.3) is 0 Å². The van der Waals surface area contributed by atoms with E-state index in [9.17, 15) is 0 Å². The van der Waals surface area contributed by atoms with Gasteiger partial charge >= 0.3 is 0 Å². The Bertz CT molecular complexity index is 253. The van der Waals surface area contributed by atoms with Crippen LogP contribution in [0.3, 0.4) is 0 Å². The minimum atomic E-state index is -0.522. The summed E-state index contributed by atoms with van der Waals surface area (Å²) in [4.78, 5) is 0. The quantitative estimate of drug-likeness (QED) is 0.206. The molecule has 2 unspecified atom stereocenters. The van der Waals surface area contributed by atoms with E-state index in [1.165, 1.54) is 0 Å². The summed E-state index contributed by atoms with van der Waals surface area (Å²) in [6.07, 6.45) is 3.32. The highest BCUT2D eigenvalue weighted by Gasteiger charge is 2.18. The van der Waals surface area contributed by atoms with Crippen molar-refractivity contribution in [3.63, 3.8) is 0 Å². The Hall–Kier alpha value is -0.280. The molecule has 0 N–H and O–H groups in total. The molecule has 0 saturated heterocycles. The van der Waals surface area contributed by atoms with Crippen molar-refractivity contribution in [2.75, 3.05) is 66.1 Å². The fourth-order valence-electron chi connectivity index (χ4n) is 2.02. The van der Waals surface area contributed by atoms with E-state index in [0.29, 0.717) is 52.9 Å². The molecule has 0 fully saturated rings. The molecule has 0 aromatic heterocycles. The Balaban J connectivity index is 4.20. The van der Waals surface area contributed by atoms with Gasteiger partial charge in [-0.25, -0.2) is 0 Å². The topological polar surface area (TPSA) is 64.6 Å². The maximum atomic E-state index is 5.90. The first kappa shape index (κ1) is 26.7. The molecule has 0 spiro atoms. The first-order valence-electron chi connectivity index (χ1n) is 10.5. The lowest BCUT2D eigenvalue weighted by molar-refractivity contribution is -0.273. The van der Waals surface area contributed by atoms with Gasteiger partial charge in [0.2, 0.25) is 0 Å². The maximum Gasteiger partial charge on any atom is 0.184 e. The molecule has 7 heteroatoms. The number of ether oxygens (including phenoxy) is 7. The van der Waals surface area contributed by atoms with E-state index >= 15 is 0 Å². The molecular weight excluding hydrogens is 352 g/mol. The third-order valence-corrected chi connectivity index (χ3v) is 3.57. The van der Waals surface area contributed by atoms with Gasteiger partial charge in [0.1, 0.15) is 0 Å². The zero-order valence-corrected chi connectivity index (χ0v) is 17.9. The van der Waals surface area contributed by atoms with Crippen molar-refractivity contribution in [3.8, 4) is 0 Å². The zero-order chi connectivity index (χ0) is 20.0. The molecule has 0 radical (unpaired) electrons. The number of hydrogen-bond acceptors (Lipinski definition) is 7. The second-order valence-electron chi connectivity index (χ2n) is 5.99. The second kappa shape index (κ2) is 22.0. The van der Waals surface area contributed by atoms with Crippen LogP contribution in [-0.4, -0.2) is 78.6 Å². The molecule has 7 nitrogen and oxygen atoms in total. The highest BCUT2D eigenvalue weighted by Crippen LogP contribution is 2.06. The van der Waals surface area contributed by atoms with Crippen LogP contribution in [0.4, 0.5) is 0 Å². The highest BCUT2D eigenvalue weighted by atomic mass is 16.8. The van der Waals surface area contributed by atoms with Crippen molar-refractivity contribution < 1.29 is 33.2 Å². The van der Waals surface area contributed by atoms with E-state index in [-0.39, 0.29) is 0 Å². The summed E-state index contributed by atoms with van der Waals surface area (Å²) in [7, 11) is 0. The Morgan fingerprint density at radius 1 is 0.519 bits per heavy atom. The Morgan fingerprint density at radius 3 is 1.33 bits per heavy atom. The summed E-state index contributed by atoms with van der Waals surface area (Å²) in [6.45, 7) is 13.5. The van der Waals surface area contributed by atoms with E-state index in [1.807, 2.05) is 13.8 Å². The zero-order valence-electron chi connectivity index (χ0n) is 17.9. The molecule has 164 valence electrons. The van der Waals surface area contributed by atoms with Crippen molar-refractivity contribution in [3.05, 3.63) is 0 Å². The number of hydrogen-bond donors (Lipinski definition) is 0. The lowest BCUT2D eigenvalue weighted by Crippen LogP contribution is -2.35. The van der Waals surface area contributed by atoms with E-state index < -0.39 is 12.6 Å². The van der Waals surface area contributed by atoms with Gasteiger partial charge in [-0.15, -0.1) is 0 Å². The van der Waals surface area contributed by atoms with Gasteiger partial charge in [-0.05, 0) is 26.7 Å². The van der Waals surface area contributed by atoms with Gasteiger partial charge in [-0.1, -0.05) is 26.7 Å². The van der Waals surface area contributed by atoms with Crippen molar-refractivity contribution in [1.82, 2.24) is 0 Å². The van der Waals surface area contributed by atoms with Gasteiger partial charge in [0.15, 0.2) is 12.6 Å². The third kappa shape index (κ3) is 18.8. The predicted molar refractivity (Wildman–Crippen MR) is 105 cm³/mol. The highest BCUT2D eigenvalue weighted by molar-refractivity contribution is 4.50. The van der Waals surface area contributed by atoms with Crippen LogP contribution in [0.5, 0.6) is 0 Å². The van der Waals surface area contributed by atoms with Crippen LogP contribution < -0.4 is 0 Å². The fourth-order valence-corrected chi connectivity index (χ4v) is 2.02. The molecule has 0 amide bonds. The standard InChI is InChI=1S/C20H42O7/c1-5-9-11-23-13-15-25-19(17-21-7-3)27-20(18-22-8-4)26-16-14-24-12-10-6-2/h19-20H,5-18H2,1-4H3. The molecular formula is C20H42O7. The molecule has 0 heterocycles. The van der Waals surface area contributed by atoms with E-state index in [4.69, 9.17) is 33.2 Å². The first-order chi connectivity index (χ1) is 13.3. The van der Waals surface area contributed by atoms with Crippen molar-refractivity contribution >= 4 is 0 Å². The van der Waals surface area contributed by atoms with Crippen LogP contribution in [0, 0.1) is 0 Å². The van der Waals surface area contributed by atoms with E-state index in [1.54, 1.807) is 0 Å². The summed E-state index contributed by atoms with van der Waals surface area (Å²) >= 11 is 0. The predicted octanol–water partition coefficient (Wildman–Crippen LogP) is 3.39. The van der Waals surface area contributed by atoms with Crippen LogP contribution in [-0.2, 0) is 33.2 Å². The first-order valence-corrected chi connectivity index (χ1v) is 10.5. The Kier molecular flexibility index (Phi) is 21.8. The fraction of sp³-hybridized carbons (Fsp3) is 1.00. The lowest BCUT2D eigenvalue weighted by atomic mass is 10.4. The van der Waals surface area contributed by atoms with Gasteiger partial charge in [0.25, 0.3) is 0 Å². The second-order valence-corrected chi connectivity index (χ2v) is 5.99. The minimum absolute atomic E-state index is 0.338. The van der Waals surface area contributed by atoms with Crippen LogP contribution >= 0.6 is 0 Å². The van der Waals surface area contributed by atoms with E-state index in [0.717, 1.165) is 38.9 Å². The summed E-state index contributed by atoms with van der Waals surface area (Å²) in [5, 5.41) is 0. The molecule has 0 aromatic rings. The van der Waals surface area contributed by atoms with Gasteiger partial charge in [-0.3, -0.25) is 0 Å². The molecule has 0 aliphatic carbocycles. The van der Waals surface area contributed by atoms with Crippen molar-refractivity contribution in [1.29, 1.82) is 0 Å². The molecule has 27 heavy (non-hydrogen) atoms. The summed E-state index contributed by atoms with van der Waals surface area (Å²) < 4.78 is 39.4. The average Bonchev–Trinajstić information content (AvgIpc) is 2.68. The molecule has 0 aliphatic heterocycles. The van der Waals surface area contributed by atoms with Gasteiger partial charge < -0.3 is 33.2 Å². The van der Waals surface area contributed by atoms with Gasteiger partial charge in [0.05, 0.1) is 39.6 Å². The Labute approximate surface area is 165 Å². The normalized spacial score (nSPS) is 13.8. The smallest absolute Gasteiger partial charge is 0.184 e. The number of rotatable bonds is 22. The molecule has 2 atom stereocenters. The molecule has 0 bridgehead atoms. The summed E-state index contributed by atoms with van der Waals surface area (Å²) in [5.41, 5.74) is 0. The minimum Gasteiger partial charge on any atom is -0.379 e. The average molecular weight is 395 g/mol. The molecule has 0 saturated carbocycles. The van der Waals surface area contributed by atoms with Gasteiger partial charge in [0, 0.05) is 26.4 Å². The van der Waals surface area contributed by atoms with Crippen molar-refractivity contribution in [2.24, 2.45) is 0 Å². The van der Waals surface area contributed by atoms with Crippen LogP contribution in [0.15, 0.2) is 0 Å². The summed E-state index contributed by atoms with van der Waals surface area (Å²) in [6, 6.07) is 0. The van der Waals surface area contributed by atoms with Crippen LogP contribution in [0.1, 0.15) is 53.4 Å². The molecule has 0 aliphatic rings. The molecule has 0 rings (SSSR count). The largest absolute Gasteiger partial charge is 0.379 e. The van der Waals surface area contributed by atoms with Gasteiger partial charge in [-0.2, -0.15) is 0 Å². The van der Waals surface area contributed by atoms with Crippen LogP contribution in [0.2, 0.25) is 0 Å². The third-order valence-electron chi connectivity index (χ3n) is 3.57.